The van der Waals surface area contributed by atoms with Crippen LogP contribution in [0.1, 0.15) is 31.4 Å². The Morgan fingerprint density at radius 1 is 1.53 bits per heavy atom. The van der Waals surface area contributed by atoms with Gasteiger partial charge in [-0.25, -0.2) is 14.8 Å². The van der Waals surface area contributed by atoms with Crippen LogP contribution in [0.25, 0.3) is 0 Å². The summed E-state index contributed by atoms with van der Waals surface area (Å²) >= 11 is 5.51. The molecule has 0 saturated carbocycles. The highest BCUT2D eigenvalue weighted by molar-refractivity contribution is 6.31. The fourth-order valence-electron chi connectivity index (χ4n) is 0.854. The first-order valence-corrected chi connectivity index (χ1v) is 4.91. The molecule has 0 aromatic carbocycles. The number of nitrogens with zero attached hydrogens (tertiary/aromatic N) is 3. The molecule has 0 amide bonds. The highest BCUT2D eigenvalue weighted by Crippen LogP contribution is 2.20. The highest BCUT2D eigenvalue weighted by atomic mass is 35.5. The Morgan fingerprint density at radius 2 is 2.12 bits per heavy atom. The first kappa shape index (κ1) is 13.3. The standard InChI is InChI=1S/C9H9ClN3O4/c1-9(2,3)17-8(14)7-11-4-5(13(15)16)6(10)12-7/h1-3H3. The lowest BCUT2D eigenvalue weighted by Gasteiger charge is -2.18. The van der Waals surface area contributed by atoms with E-state index in [1.54, 1.807) is 20.8 Å². The molecule has 0 unspecified atom stereocenters. The molecule has 0 bridgehead atoms. The summed E-state index contributed by atoms with van der Waals surface area (Å²) in [4.78, 5) is 28.0. The van der Waals surface area contributed by atoms with Crippen molar-refractivity contribution >= 4 is 23.3 Å². The zero-order chi connectivity index (χ0) is 13.2. The summed E-state index contributed by atoms with van der Waals surface area (Å²) in [7, 11) is 0. The molecule has 7 nitrogen and oxygen atoms in total. The van der Waals surface area contributed by atoms with Crippen LogP contribution < -0.4 is 0 Å². The van der Waals surface area contributed by atoms with Gasteiger partial charge in [0.25, 0.3) is 0 Å². The lowest BCUT2D eigenvalue weighted by atomic mass is 10.2. The molecule has 1 aromatic heterocycles. The van der Waals surface area contributed by atoms with Crippen LogP contribution in [0.5, 0.6) is 0 Å². The molecule has 8 heteroatoms. The maximum Gasteiger partial charge on any atom is 0.376 e. The average molecular weight is 259 g/mol. The summed E-state index contributed by atoms with van der Waals surface area (Å²) in [5.41, 5.74) is -1.30. The number of hydrogen-bond donors (Lipinski definition) is 0. The van der Waals surface area contributed by atoms with Gasteiger partial charge in [-0.1, -0.05) is 11.6 Å². The minimum atomic E-state index is -0.814. The predicted octanol–water partition coefficient (Wildman–Crippen LogP) is 1.79. The number of halogens is 1. The second-order valence-corrected chi connectivity index (χ2v) is 4.42. The van der Waals surface area contributed by atoms with Gasteiger partial charge in [-0.2, -0.15) is 0 Å². The van der Waals surface area contributed by atoms with Gasteiger partial charge in [0, 0.05) is 0 Å². The normalized spacial score (nSPS) is 11.1. The van der Waals surface area contributed by atoms with Crippen molar-refractivity contribution in [3.8, 4) is 0 Å². The Labute approximate surface area is 102 Å². The summed E-state index contributed by atoms with van der Waals surface area (Å²) in [6, 6.07) is 0. The topological polar surface area (TPSA) is 95.2 Å². The number of carbonyl (C=O) groups excluding carboxylic acids is 1. The minimum Gasteiger partial charge on any atom is -0.454 e. The van der Waals surface area contributed by atoms with E-state index in [1.165, 1.54) is 0 Å². The molecular weight excluding hydrogens is 250 g/mol. The zero-order valence-corrected chi connectivity index (χ0v) is 10.1. The van der Waals surface area contributed by atoms with Gasteiger partial charge in [0.2, 0.25) is 11.0 Å². The number of ether oxygens (including phenoxy) is 1. The van der Waals surface area contributed by atoms with Crippen molar-refractivity contribution in [1.29, 1.82) is 0 Å². The lowest BCUT2D eigenvalue weighted by Crippen LogP contribution is -2.25. The Bertz CT molecular complexity index is 470. The average Bonchev–Trinajstić information content (AvgIpc) is 2.14. The zero-order valence-electron chi connectivity index (χ0n) is 9.35. The SMILES string of the molecule is CC(C)(C)OC(=O)c1n[c]c([N+](=O)[O-])c(Cl)n1. The van der Waals surface area contributed by atoms with Gasteiger partial charge in [-0.15, -0.1) is 0 Å². The van der Waals surface area contributed by atoms with Crippen molar-refractivity contribution in [2.24, 2.45) is 0 Å². The van der Waals surface area contributed by atoms with Crippen molar-refractivity contribution in [2.75, 3.05) is 0 Å². The second kappa shape index (κ2) is 4.62. The Morgan fingerprint density at radius 3 is 2.53 bits per heavy atom. The molecule has 0 saturated heterocycles. The molecule has 17 heavy (non-hydrogen) atoms. The molecule has 0 spiro atoms. The molecule has 1 rings (SSSR count). The van der Waals surface area contributed by atoms with Crippen molar-refractivity contribution in [3.05, 3.63) is 27.3 Å². The first-order chi connectivity index (χ1) is 7.70. The molecule has 0 aliphatic carbocycles. The van der Waals surface area contributed by atoms with E-state index < -0.39 is 27.3 Å². The van der Waals surface area contributed by atoms with Crippen molar-refractivity contribution in [3.63, 3.8) is 0 Å². The van der Waals surface area contributed by atoms with Gasteiger partial charge < -0.3 is 4.74 Å². The fourth-order valence-corrected chi connectivity index (χ4v) is 1.05. The van der Waals surface area contributed by atoms with Crippen LogP contribution in [0.15, 0.2) is 0 Å². The first-order valence-electron chi connectivity index (χ1n) is 4.53. The molecule has 1 heterocycles. The van der Waals surface area contributed by atoms with Crippen LogP contribution in [0, 0.1) is 16.3 Å². The van der Waals surface area contributed by atoms with Crippen LogP contribution in [-0.2, 0) is 4.74 Å². The number of hydrogen-bond acceptors (Lipinski definition) is 6. The Kier molecular flexibility index (Phi) is 3.62. The van der Waals surface area contributed by atoms with Gasteiger partial charge >= 0.3 is 11.7 Å². The molecule has 0 fully saturated rings. The van der Waals surface area contributed by atoms with E-state index in [9.17, 15) is 14.9 Å². The third kappa shape index (κ3) is 3.63. The van der Waals surface area contributed by atoms with Crippen molar-refractivity contribution < 1.29 is 14.5 Å². The van der Waals surface area contributed by atoms with E-state index in [0.717, 1.165) is 0 Å². The second-order valence-electron chi connectivity index (χ2n) is 4.06. The Hall–Kier alpha value is -1.76. The molecule has 1 aromatic rings. The summed E-state index contributed by atoms with van der Waals surface area (Å²) in [6.07, 6.45) is 2.03. The van der Waals surface area contributed by atoms with E-state index in [0.29, 0.717) is 0 Å². The van der Waals surface area contributed by atoms with Crippen LogP contribution in [0.4, 0.5) is 5.69 Å². The van der Waals surface area contributed by atoms with E-state index in [1.807, 2.05) is 6.20 Å². The molecule has 0 aliphatic heterocycles. The van der Waals surface area contributed by atoms with E-state index in [-0.39, 0.29) is 5.82 Å². The van der Waals surface area contributed by atoms with Crippen LogP contribution in [-0.4, -0.2) is 26.5 Å². The van der Waals surface area contributed by atoms with Gasteiger partial charge in [0.15, 0.2) is 6.20 Å². The molecular formula is C9H9ClN3O4. The third-order valence-corrected chi connectivity index (χ3v) is 1.69. The van der Waals surface area contributed by atoms with Crippen LogP contribution >= 0.6 is 11.6 Å². The quantitative estimate of drug-likeness (QED) is 0.347. The number of nitro groups is 1. The largest absolute Gasteiger partial charge is 0.454 e. The fraction of sp³-hybridized carbons (Fsp3) is 0.444. The van der Waals surface area contributed by atoms with Gasteiger partial charge in [-0.05, 0) is 20.8 Å². The predicted molar refractivity (Wildman–Crippen MR) is 57.7 cm³/mol. The molecule has 0 N–H and O–H groups in total. The van der Waals surface area contributed by atoms with Crippen molar-refractivity contribution in [2.45, 2.75) is 26.4 Å². The highest BCUT2D eigenvalue weighted by Gasteiger charge is 2.23. The monoisotopic (exact) mass is 258 g/mol. The maximum absolute atomic E-state index is 11.5. The summed E-state index contributed by atoms with van der Waals surface area (Å²) in [6.45, 7) is 5.00. The van der Waals surface area contributed by atoms with E-state index in [4.69, 9.17) is 16.3 Å². The Balaban J connectivity index is 2.98. The van der Waals surface area contributed by atoms with Gasteiger partial charge in [-0.3, -0.25) is 10.1 Å². The van der Waals surface area contributed by atoms with Crippen molar-refractivity contribution in [1.82, 2.24) is 9.97 Å². The smallest absolute Gasteiger partial charge is 0.376 e. The summed E-state index contributed by atoms with van der Waals surface area (Å²) in [5.74, 6) is -1.18. The molecule has 1 radical (unpaired) electrons. The summed E-state index contributed by atoms with van der Waals surface area (Å²) < 4.78 is 4.97. The van der Waals surface area contributed by atoms with E-state index in [2.05, 4.69) is 9.97 Å². The van der Waals surface area contributed by atoms with Crippen LogP contribution in [0.3, 0.4) is 0 Å². The number of aromatic nitrogens is 2. The molecule has 0 aliphatic rings. The van der Waals surface area contributed by atoms with E-state index >= 15 is 0 Å². The maximum atomic E-state index is 11.5. The molecule has 91 valence electrons. The van der Waals surface area contributed by atoms with Gasteiger partial charge in [0.05, 0.1) is 4.92 Å². The lowest BCUT2D eigenvalue weighted by molar-refractivity contribution is -0.385. The van der Waals surface area contributed by atoms with Gasteiger partial charge in [0.1, 0.15) is 5.60 Å². The number of carbonyl (C=O) groups is 1. The third-order valence-electron chi connectivity index (χ3n) is 1.43. The minimum absolute atomic E-state index is 0.365. The van der Waals surface area contributed by atoms with Crippen LogP contribution in [0.2, 0.25) is 5.15 Å². The molecule has 0 atom stereocenters. The number of rotatable bonds is 2. The number of esters is 1. The summed E-state index contributed by atoms with van der Waals surface area (Å²) in [5, 5.41) is 9.97.